The van der Waals surface area contributed by atoms with Crippen LogP contribution in [0.15, 0.2) is 53.8 Å². The molecular formula is C22H22F3N5. The lowest BCUT2D eigenvalue weighted by Crippen LogP contribution is -2.29. The van der Waals surface area contributed by atoms with Crippen LogP contribution < -0.4 is 5.32 Å². The minimum atomic E-state index is -4.37. The van der Waals surface area contributed by atoms with Gasteiger partial charge in [0.1, 0.15) is 0 Å². The van der Waals surface area contributed by atoms with Crippen molar-refractivity contribution in [3.05, 3.63) is 60.0 Å². The van der Waals surface area contributed by atoms with Crippen molar-refractivity contribution < 1.29 is 13.2 Å². The number of benzene rings is 1. The number of pyridine rings is 1. The first kappa shape index (κ1) is 20.1. The van der Waals surface area contributed by atoms with E-state index in [2.05, 4.69) is 31.1 Å². The molecule has 3 heterocycles. The number of aliphatic imine (C=N–C) groups is 1. The van der Waals surface area contributed by atoms with Crippen molar-refractivity contribution in [2.24, 2.45) is 10.4 Å². The number of rotatable bonds is 3. The molecule has 156 valence electrons. The second-order valence-corrected chi connectivity index (χ2v) is 8.21. The zero-order valence-electron chi connectivity index (χ0n) is 17.0. The third kappa shape index (κ3) is 3.81. The molecule has 4 rings (SSSR count). The molecule has 1 aliphatic rings. The second kappa shape index (κ2) is 7.27. The minimum absolute atomic E-state index is 0.189. The summed E-state index contributed by atoms with van der Waals surface area (Å²) in [5, 5.41) is 7.94. The topological polar surface area (TPSA) is 55.1 Å². The predicted molar refractivity (Wildman–Crippen MR) is 111 cm³/mol. The average Bonchev–Trinajstić information content (AvgIpc) is 3.05. The highest BCUT2D eigenvalue weighted by Crippen LogP contribution is 2.38. The van der Waals surface area contributed by atoms with E-state index in [0.717, 1.165) is 34.7 Å². The van der Waals surface area contributed by atoms with Crippen LogP contribution in [0.1, 0.15) is 32.0 Å². The molecule has 0 unspecified atom stereocenters. The first-order chi connectivity index (χ1) is 14.1. The molecule has 0 aliphatic carbocycles. The van der Waals surface area contributed by atoms with Crippen molar-refractivity contribution in [2.45, 2.75) is 33.5 Å². The van der Waals surface area contributed by atoms with Crippen molar-refractivity contribution in [2.75, 3.05) is 11.9 Å². The fourth-order valence-corrected chi connectivity index (χ4v) is 3.55. The van der Waals surface area contributed by atoms with E-state index in [1.54, 1.807) is 12.4 Å². The van der Waals surface area contributed by atoms with E-state index in [1.165, 1.54) is 12.1 Å². The van der Waals surface area contributed by atoms with Crippen molar-refractivity contribution >= 4 is 17.2 Å². The molecule has 0 saturated carbocycles. The van der Waals surface area contributed by atoms with Crippen molar-refractivity contribution in [3.63, 3.8) is 0 Å². The summed E-state index contributed by atoms with van der Waals surface area (Å²) in [6.45, 7) is 7.59. The molecule has 0 fully saturated rings. The molecule has 1 aliphatic heterocycles. The Labute approximate surface area is 172 Å². The van der Waals surface area contributed by atoms with Crippen LogP contribution in [-0.4, -0.2) is 27.0 Å². The van der Waals surface area contributed by atoms with Crippen LogP contribution in [0.4, 0.5) is 24.7 Å². The summed E-state index contributed by atoms with van der Waals surface area (Å²) in [6, 6.07) is 8.74. The summed E-state index contributed by atoms with van der Waals surface area (Å²) >= 11 is 0. The molecule has 0 amide bonds. The van der Waals surface area contributed by atoms with Crippen LogP contribution in [0.25, 0.3) is 11.1 Å². The molecule has 30 heavy (non-hydrogen) atoms. The van der Waals surface area contributed by atoms with Gasteiger partial charge in [0, 0.05) is 23.5 Å². The summed E-state index contributed by atoms with van der Waals surface area (Å²) in [5.74, 6) is 0.579. The summed E-state index contributed by atoms with van der Waals surface area (Å²) in [7, 11) is 0. The quantitative estimate of drug-likeness (QED) is 0.612. The standard InChI is InChI=1S/C22H22F3N5/c1-21(2,3)19-18-17(14-8-10-26-11-9-14)20(29-30(18)13-12-27-19)28-16-6-4-15(5-7-16)22(23,24)25/h4-11H,12-13H2,1-3H3,(H,28,29). The summed E-state index contributed by atoms with van der Waals surface area (Å²) in [4.78, 5) is 8.87. The molecule has 1 aromatic carbocycles. The fraction of sp³-hybridized carbons (Fsp3) is 0.318. The molecule has 2 aromatic heterocycles. The molecule has 0 saturated heterocycles. The Kier molecular flexibility index (Phi) is 4.88. The SMILES string of the molecule is CC(C)(C)C1=NCCn2nc(Nc3ccc(C(F)(F)F)cc3)c(-c3ccncc3)c21. The lowest BCUT2D eigenvalue weighted by atomic mass is 9.85. The van der Waals surface area contributed by atoms with Gasteiger partial charge in [0.25, 0.3) is 0 Å². The monoisotopic (exact) mass is 413 g/mol. The Hall–Kier alpha value is -3.16. The normalized spacial score (nSPS) is 14.3. The van der Waals surface area contributed by atoms with Gasteiger partial charge in [-0.15, -0.1) is 0 Å². The maximum Gasteiger partial charge on any atom is 0.416 e. The van der Waals surface area contributed by atoms with Gasteiger partial charge in [0.2, 0.25) is 0 Å². The first-order valence-corrected chi connectivity index (χ1v) is 9.65. The number of aromatic nitrogens is 3. The number of nitrogens with zero attached hydrogens (tertiary/aromatic N) is 4. The Morgan fingerprint density at radius 2 is 1.63 bits per heavy atom. The zero-order chi connectivity index (χ0) is 21.5. The summed E-state index contributed by atoms with van der Waals surface area (Å²) in [5.41, 5.74) is 3.32. The van der Waals surface area contributed by atoms with Gasteiger partial charge in [0.05, 0.1) is 35.6 Å². The van der Waals surface area contributed by atoms with E-state index in [-0.39, 0.29) is 5.41 Å². The highest BCUT2D eigenvalue weighted by Gasteiger charge is 2.32. The maximum absolute atomic E-state index is 12.9. The van der Waals surface area contributed by atoms with Crippen LogP contribution in [0.5, 0.6) is 0 Å². The van der Waals surface area contributed by atoms with Gasteiger partial charge in [-0.05, 0) is 42.0 Å². The Bertz CT molecular complexity index is 1070. The smallest absolute Gasteiger partial charge is 0.338 e. The number of alkyl halides is 3. The second-order valence-electron chi connectivity index (χ2n) is 8.21. The summed E-state index contributed by atoms with van der Waals surface area (Å²) in [6.07, 6.45) is -0.956. The molecule has 1 N–H and O–H groups in total. The Morgan fingerprint density at radius 1 is 0.967 bits per heavy atom. The third-order valence-electron chi connectivity index (χ3n) is 4.91. The molecule has 0 bridgehead atoms. The van der Waals surface area contributed by atoms with E-state index in [4.69, 9.17) is 10.1 Å². The van der Waals surface area contributed by atoms with Crippen LogP contribution in [0.3, 0.4) is 0 Å². The first-order valence-electron chi connectivity index (χ1n) is 9.65. The molecule has 0 atom stereocenters. The zero-order valence-corrected chi connectivity index (χ0v) is 17.0. The van der Waals surface area contributed by atoms with E-state index in [9.17, 15) is 13.2 Å². The average molecular weight is 413 g/mol. The largest absolute Gasteiger partial charge is 0.416 e. The fourth-order valence-electron chi connectivity index (χ4n) is 3.55. The lowest BCUT2D eigenvalue weighted by molar-refractivity contribution is -0.137. The van der Waals surface area contributed by atoms with Gasteiger partial charge in [-0.3, -0.25) is 14.7 Å². The van der Waals surface area contributed by atoms with Crippen LogP contribution in [-0.2, 0) is 12.7 Å². The lowest BCUT2D eigenvalue weighted by Gasteiger charge is -2.26. The molecule has 8 heteroatoms. The van der Waals surface area contributed by atoms with Crippen molar-refractivity contribution in [3.8, 4) is 11.1 Å². The van der Waals surface area contributed by atoms with Gasteiger partial charge in [-0.25, -0.2) is 0 Å². The van der Waals surface area contributed by atoms with E-state index in [0.29, 0.717) is 24.6 Å². The Balaban J connectivity index is 1.81. The predicted octanol–water partition coefficient (Wildman–Crippen LogP) is 5.56. The molecule has 3 aromatic rings. The number of nitrogens with one attached hydrogen (secondary N) is 1. The number of hydrogen-bond acceptors (Lipinski definition) is 4. The van der Waals surface area contributed by atoms with Gasteiger partial charge < -0.3 is 5.32 Å². The number of anilines is 2. The summed E-state index contributed by atoms with van der Waals surface area (Å²) < 4.78 is 40.6. The number of halogens is 3. The minimum Gasteiger partial charge on any atom is -0.338 e. The molecule has 0 radical (unpaired) electrons. The Morgan fingerprint density at radius 3 is 2.23 bits per heavy atom. The van der Waals surface area contributed by atoms with Crippen LogP contribution in [0.2, 0.25) is 0 Å². The molecular weight excluding hydrogens is 391 g/mol. The van der Waals surface area contributed by atoms with Gasteiger partial charge in [-0.1, -0.05) is 20.8 Å². The van der Waals surface area contributed by atoms with E-state index < -0.39 is 11.7 Å². The van der Waals surface area contributed by atoms with Gasteiger partial charge >= 0.3 is 6.18 Å². The van der Waals surface area contributed by atoms with E-state index in [1.807, 2.05) is 16.8 Å². The van der Waals surface area contributed by atoms with Gasteiger partial charge in [0.15, 0.2) is 5.82 Å². The highest BCUT2D eigenvalue weighted by molar-refractivity contribution is 6.10. The van der Waals surface area contributed by atoms with E-state index >= 15 is 0 Å². The highest BCUT2D eigenvalue weighted by atomic mass is 19.4. The maximum atomic E-state index is 12.9. The van der Waals surface area contributed by atoms with Crippen LogP contribution in [0, 0.1) is 5.41 Å². The number of hydrogen-bond donors (Lipinski definition) is 1. The van der Waals surface area contributed by atoms with Crippen molar-refractivity contribution in [1.82, 2.24) is 14.8 Å². The van der Waals surface area contributed by atoms with Crippen molar-refractivity contribution in [1.29, 1.82) is 0 Å². The molecule has 0 spiro atoms. The van der Waals surface area contributed by atoms with Gasteiger partial charge in [-0.2, -0.15) is 18.3 Å². The third-order valence-corrected chi connectivity index (χ3v) is 4.91. The van der Waals surface area contributed by atoms with Crippen LogP contribution >= 0.6 is 0 Å². The number of fused-ring (bicyclic) bond motifs is 1. The molecule has 5 nitrogen and oxygen atoms in total.